The largest absolute Gasteiger partial charge is 0.480 e. The molecule has 114 valence electrons. The van der Waals surface area contributed by atoms with E-state index in [1.54, 1.807) is 0 Å². The van der Waals surface area contributed by atoms with Crippen molar-refractivity contribution in [1.29, 1.82) is 0 Å². The van der Waals surface area contributed by atoms with E-state index in [9.17, 15) is 14.7 Å². The molecule has 1 unspecified atom stereocenters. The molecule has 0 heterocycles. The minimum atomic E-state index is -1.32. The third-order valence-corrected chi connectivity index (χ3v) is 3.71. The van der Waals surface area contributed by atoms with Crippen molar-refractivity contribution in [2.45, 2.75) is 44.4 Å². The molecule has 0 spiro atoms. The second kappa shape index (κ2) is 6.58. The molecule has 4 N–H and O–H groups in total. The summed E-state index contributed by atoms with van der Waals surface area (Å²) in [7, 11) is 0. The topological polar surface area (TPSA) is 98.7 Å². The van der Waals surface area contributed by atoms with Crippen LogP contribution in [-0.2, 0) is 11.2 Å². The van der Waals surface area contributed by atoms with Gasteiger partial charge < -0.3 is 20.8 Å². The highest BCUT2D eigenvalue weighted by Gasteiger charge is 2.27. The van der Waals surface area contributed by atoms with Crippen LogP contribution in [0.15, 0.2) is 24.3 Å². The van der Waals surface area contributed by atoms with Crippen molar-refractivity contribution in [2.24, 2.45) is 0 Å². The van der Waals surface area contributed by atoms with Crippen molar-refractivity contribution in [2.75, 3.05) is 0 Å². The molecular weight excluding hydrogens is 272 g/mol. The van der Waals surface area contributed by atoms with Crippen molar-refractivity contribution in [3.8, 4) is 0 Å². The van der Waals surface area contributed by atoms with Gasteiger partial charge in [-0.1, -0.05) is 24.3 Å². The number of fused-ring (bicyclic) bond motifs is 1. The van der Waals surface area contributed by atoms with Crippen LogP contribution in [0.5, 0.6) is 0 Å². The molecular formula is C15H20N2O4. The summed E-state index contributed by atoms with van der Waals surface area (Å²) in [5.74, 6) is -1.26. The number of hydrogen-bond acceptors (Lipinski definition) is 3. The minimum Gasteiger partial charge on any atom is -0.480 e. The number of aliphatic hydroxyl groups excluding tert-OH is 1. The molecule has 0 saturated heterocycles. The summed E-state index contributed by atoms with van der Waals surface area (Å²) in [6, 6.07) is 5.88. The fourth-order valence-electron chi connectivity index (χ4n) is 2.63. The van der Waals surface area contributed by atoms with E-state index in [0.29, 0.717) is 0 Å². The Morgan fingerprint density at radius 3 is 2.71 bits per heavy atom. The number of carbonyl (C=O) groups excluding carboxylic acids is 1. The zero-order valence-electron chi connectivity index (χ0n) is 11.9. The highest BCUT2D eigenvalue weighted by atomic mass is 16.4. The molecule has 0 aromatic heterocycles. The van der Waals surface area contributed by atoms with Crippen LogP contribution in [0.3, 0.4) is 0 Å². The van der Waals surface area contributed by atoms with Gasteiger partial charge in [-0.05, 0) is 37.3 Å². The molecule has 21 heavy (non-hydrogen) atoms. The lowest BCUT2D eigenvalue weighted by Gasteiger charge is -2.27. The number of carboxylic acid groups (broad SMARTS) is 1. The number of carboxylic acids is 1. The molecule has 0 radical (unpaired) electrons. The maximum absolute atomic E-state index is 11.9. The SMILES string of the molecule is C[C@@H](O)[C@H](NC(=O)NC1CCCc2ccccc21)C(=O)O. The van der Waals surface area contributed by atoms with Gasteiger partial charge in [-0.15, -0.1) is 0 Å². The average Bonchev–Trinajstić information content (AvgIpc) is 2.44. The molecule has 1 aromatic rings. The number of rotatable bonds is 4. The zero-order valence-corrected chi connectivity index (χ0v) is 11.9. The second-order valence-electron chi connectivity index (χ2n) is 5.32. The van der Waals surface area contributed by atoms with Gasteiger partial charge in [-0.3, -0.25) is 0 Å². The van der Waals surface area contributed by atoms with Crippen LogP contribution in [-0.4, -0.2) is 34.4 Å². The molecule has 0 saturated carbocycles. The summed E-state index contributed by atoms with van der Waals surface area (Å²) in [5.41, 5.74) is 2.28. The maximum Gasteiger partial charge on any atom is 0.328 e. The van der Waals surface area contributed by atoms with Crippen molar-refractivity contribution in [3.63, 3.8) is 0 Å². The Bertz CT molecular complexity index is 530. The minimum absolute atomic E-state index is 0.126. The third kappa shape index (κ3) is 3.72. The number of carbonyl (C=O) groups is 2. The van der Waals surface area contributed by atoms with E-state index in [1.165, 1.54) is 12.5 Å². The van der Waals surface area contributed by atoms with E-state index in [1.807, 2.05) is 24.3 Å². The molecule has 1 aliphatic rings. The van der Waals surface area contributed by atoms with E-state index in [-0.39, 0.29) is 6.04 Å². The van der Waals surface area contributed by atoms with Gasteiger partial charge in [-0.2, -0.15) is 0 Å². The Kier molecular flexibility index (Phi) is 4.80. The number of benzene rings is 1. The summed E-state index contributed by atoms with van der Waals surface area (Å²) in [6.45, 7) is 1.33. The van der Waals surface area contributed by atoms with Gasteiger partial charge in [-0.25, -0.2) is 9.59 Å². The summed E-state index contributed by atoms with van der Waals surface area (Å²) in [5, 5.41) is 23.4. The molecule has 6 nitrogen and oxygen atoms in total. The average molecular weight is 292 g/mol. The van der Waals surface area contributed by atoms with Crippen LogP contribution in [0.25, 0.3) is 0 Å². The Morgan fingerprint density at radius 2 is 2.05 bits per heavy atom. The Labute approximate surface area is 123 Å². The number of hydrogen-bond donors (Lipinski definition) is 4. The molecule has 0 bridgehead atoms. The number of amides is 2. The molecule has 1 aliphatic carbocycles. The quantitative estimate of drug-likeness (QED) is 0.670. The highest BCUT2D eigenvalue weighted by Crippen LogP contribution is 2.29. The monoisotopic (exact) mass is 292 g/mol. The van der Waals surface area contributed by atoms with Crippen LogP contribution >= 0.6 is 0 Å². The lowest BCUT2D eigenvalue weighted by molar-refractivity contribution is -0.141. The fourth-order valence-corrected chi connectivity index (χ4v) is 2.63. The van der Waals surface area contributed by atoms with E-state index in [4.69, 9.17) is 5.11 Å². The molecule has 2 amide bonds. The van der Waals surface area contributed by atoms with Crippen molar-refractivity contribution >= 4 is 12.0 Å². The Balaban J connectivity index is 2.02. The molecule has 0 aliphatic heterocycles. The first-order valence-electron chi connectivity index (χ1n) is 7.04. The van der Waals surface area contributed by atoms with E-state index >= 15 is 0 Å². The third-order valence-electron chi connectivity index (χ3n) is 3.71. The van der Waals surface area contributed by atoms with Crippen molar-refractivity contribution in [3.05, 3.63) is 35.4 Å². The summed E-state index contributed by atoms with van der Waals surface area (Å²) < 4.78 is 0. The van der Waals surface area contributed by atoms with Gasteiger partial charge in [0.2, 0.25) is 0 Å². The number of nitrogens with one attached hydrogen (secondary N) is 2. The summed E-state index contributed by atoms with van der Waals surface area (Å²) >= 11 is 0. The molecule has 3 atom stereocenters. The van der Waals surface area contributed by atoms with Gasteiger partial charge >= 0.3 is 12.0 Å². The van der Waals surface area contributed by atoms with Gasteiger partial charge in [0.05, 0.1) is 12.1 Å². The fraction of sp³-hybridized carbons (Fsp3) is 0.467. The van der Waals surface area contributed by atoms with Crippen LogP contribution in [0.4, 0.5) is 4.79 Å². The number of aryl methyl sites for hydroxylation is 1. The summed E-state index contributed by atoms with van der Waals surface area (Å²) in [4.78, 5) is 22.9. The van der Waals surface area contributed by atoms with E-state index in [0.717, 1.165) is 24.8 Å². The van der Waals surface area contributed by atoms with Crippen LogP contribution in [0, 0.1) is 0 Å². The van der Waals surface area contributed by atoms with Crippen molar-refractivity contribution in [1.82, 2.24) is 10.6 Å². The summed E-state index contributed by atoms with van der Waals surface area (Å²) in [6.07, 6.45) is 1.62. The molecule has 0 fully saturated rings. The lowest BCUT2D eigenvalue weighted by Crippen LogP contribution is -2.51. The van der Waals surface area contributed by atoms with E-state index < -0.39 is 24.1 Å². The predicted octanol–water partition coefficient (Wildman–Crippen LogP) is 1.20. The first-order valence-corrected chi connectivity index (χ1v) is 7.04. The Hall–Kier alpha value is -2.08. The zero-order chi connectivity index (χ0) is 15.4. The Morgan fingerprint density at radius 1 is 1.33 bits per heavy atom. The van der Waals surface area contributed by atoms with Crippen molar-refractivity contribution < 1.29 is 19.8 Å². The normalized spacial score (nSPS) is 20.0. The number of aliphatic hydroxyl groups is 1. The number of aliphatic carboxylic acids is 1. The highest BCUT2D eigenvalue weighted by molar-refractivity contribution is 5.83. The molecule has 2 rings (SSSR count). The van der Waals surface area contributed by atoms with Gasteiger partial charge in [0.25, 0.3) is 0 Å². The van der Waals surface area contributed by atoms with Gasteiger partial charge in [0.15, 0.2) is 6.04 Å². The molecule has 1 aromatic carbocycles. The van der Waals surface area contributed by atoms with Crippen LogP contribution < -0.4 is 10.6 Å². The predicted molar refractivity (Wildman–Crippen MR) is 76.9 cm³/mol. The maximum atomic E-state index is 11.9. The lowest BCUT2D eigenvalue weighted by atomic mass is 9.88. The van der Waals surface area contributed by atoms with Crippen LogP contribution in [0.1, 0.15) is 36.9 Å². The smallest absolute Gasteiger partial charge is 0.328 e. The van der Waals surface area contributed by atoms with Crippen LogP contribution in [0.2, 0.25) is 0 Å². The first kappa shape index (κ1) is 15.3. The van der Waals surface area contributed by atoms with Gasteiger partial charge in [0.1, 0.15) is 0 Å². The molecule has 6 heteroatoms. The first-order chi connectivity index (χ1) is 9.99. The number of urea groups is 1. The standard InChI is InChI=1S/C15H20N2O4/c1-9(18)13(14(19)20)17-15(21)16-12-8-4-6-10-5-2-3-7-11(10)12/h2-3,5,7,9,12-13,18H,4,6,8H2,1H3,(H,19,20)(H2,16,17,21)/t9-,12?,13+/m1/s1. The van der Waals surface area contributed by atoms with E-state index in [2.05, 4.69) is 10.6 Å². The second-order valence-corrected chi connectivity index (χ2v) is 5.32. The van der Waals surface area contributed by atoms with Gasteiger partial charge in [0, 0.05) is 0 Å².